The van der Waals surface area contributed by atoms with E-state index < -0.39 is 0 Å². The van der Waals surface area contributed by atoms with E-state index in [2.05, 4.69) is 23.3 Å². The molecule has 1 unspecified atom stereocenters. The van der Waals surface area contributed by atoms with Gasteiger partial charge in [0, 0.05) is 10.9 Å². The van der Waals surface area contributed by atoms with Gasteiger partial charge in [0.15, 0.2) is 5.17 Å². The van der Waals surface area contributed by atoms with Crippen LogP contribution in [0.3, 0.4) is 0 Å². The summed E-state index contributed by atoms with van der Waals surface area (Å²) in [5.41, 5.74) is 1.61. The monoisotopic (exact) mass is 245 g/mol. The predicted octanol–water partition coefficient (Wildman–Crippen LogP) is 3.24. The smallest absolute Gasteiger partial charge is 0.161 e. The highest BCUT2D eigenvalue weighted by Gasteiger charge is 2.18. The van der Waals surface area contributed by atoms with Crippen LogP contribution in [0.5, 0.6) is 0 Å². The fraction of sp³-hybridized carbons (Fsp3) is 0.385. The summed E-state index contributed by atoms with van der Waals surface area (Å²) in [6, 6.07) is 9.61. The van der Waals surface area contributed by atoms with Crippen LogP contribution < -0.4 is 5.32 Å². The van der Waals surface area contributed by atoms with Crippen LogP contribution in [-0.2, 0) is 0 Å². The van der Waals surface area contributed by atoms with E-state index in [1.165, 1.54) is 12.8 Å². The fourth-order valence-electron chi connectivity index (χ4n) is 1.75. The van der Waals surface area contributed by atoms with Crippen molar-refractivity contribution in [2.75, 3.05) is 11.9 Å². The lowest BCUT2D eigenvalue weighted by molar-refractivity contribution is 0.754. The van der Waals surface area contributed by atoms with Crippen molar-refractivity contribution >= 4 is 22.6 Å². The highest BCUT2D eigenvalue weighted by molar-refractivity contribution is 8.15. The van der Waals surface area contributed by atoms with E-state index in [9.17, 15) is 0 Å². The minimum Gasteiger partial charge on any atom is -0.335 e. The molecule has 0 aromatic heterocycles. The van der Waals surface area contributed by atoms with Crippen molar-refractivity contribution in [2.45, 2.75) is 25.0 Å². The number of nitriles is 1. The number of nitrogens with zero attached hydrogens (tertiary/aromatic N) is 2. The van der Waals surface area contributed by atoms with Crippen LogP contribution in [-0.4, -0.2) is 17.0 Å². The molecule has 3 nitrogen and oxygen atoms in total. The highest BCUT2D eigenvalue weighted by Crippen LogP contribution is 2.25. The van der Waals surface area contributed by atoms with Gasteiger partial charge in [0.25, 0.3) is 0 Å². The summed E-state index contributed by atoms with van der Waals surface area (Å²) < 4.78 is 0. The van der Waals surface area contributed by atoms with Crippen molar-refractivity contribution in [3.05, 3.63) is 29.8 Å². The third-order valence-corrected chi connectivity index (χ3v) is 3.74. The molecule has 1 aromatic rings. The lowest BCUT2D eigenvalue weighted by atomic mass is 10.2. The number of hydrogen-bond donors (Lipinski definition) is 1. The summed E-state index contributed by atoms with van der Waals surface area (Å²) >= 11 is 1.80. The van der Waals surface area contributed by atoms with Gasteiger partial charge in [0.2, 0.25) is 0 Å². The van der Waals surface area contributed by atoms with Crippen molar-refractivity contribution in [2.24, 2.45) is 4.99 Å². The molecule has 0 saturated carbocycles. The molecule has 1 N–H and O–H groups in total. The van der Waals surface area contributed by atoms with E-state index in [-0.39, 0.29) is 0 Å². The molecule has 0 saturated heterocycles. The lowest BCUT2D eigenvalue weighted by Gasteiger charge is -2.07. The van der Waals surface area contributed by atoms with Crippen molar-refractivity contribution in [3.8, 4) is 6.07 Å². The summed E-state index contributed by atoms with van der Waals surface area (Å²) in [5, 5.41) is 13.7. The Morgan fingerprint density at radius 2 is 2.47 bits per heavy atom. The quantitative estimate of drug-likeness (QED) is 0.889. The van der Waals surface area contributed by atoms with E-state index in [0.717, 1.165) is 17.4 Å². The maximum Gasteiger partial charge on any atom is 0.161 e. The zero-order chi connectivity index (χ0) is 12.1. The van der Waals surface area contributed by atoms with Crippen LogP contribution in [0.25, 0.3) is 0 Å². The Bertz CT molecular complexity index is 462. The molecular weight excluding hydrogens is 230 g/mol. The van der Waals surface area contributed by atoms with E-state index in [4.69, 9.17) is 5.26 Å². The number of nitrogens with one attached hydrogen (secondary N) is 1. The molecular formula is C13H15N3S. The Kier molecular flexibility index (Phi) is 4.05. The Morgan fingerprint density at radius 3 is 3.24 bits per heavy atom. The van der Waals surface area contributed by atoms with Crippen molar-refractivity contribution in [1.82, 2.24) is 0 Å². The highest BCUT2D eigenvalue weighted by atomic mass is 32.2. The first-order chi connectivity index (χ1) is 8.31. The topological polar surface area (TPSA) is 48.2 Å². The molecule has 0 bridgehead atoms. The molecule has 0 amide bonds. The Hall–Kier alpha value is -1.47. The number of aliphatic imine (C=N–C) groups is 1. The molecule has 4 heteroatoms. The average Bonchev–Trinajstić information content (AvgIpc) is 2.77. The standard InChI is InChI=1S/C13H15N3S/c1-2-4-12-9-15-13(17-12)16-11-6-3-5-10(7-11)8-14/h3,5-7,12H,2,4,9H2,1H3,(H,15,16). The summed E-state index contributed by atoms with van der Waals surface area (Å²) in [4.78, 5) is 4.47. The number of amidine groups is 1. The molecule has 1 aromatic carbocycles. The molecule has 1 aliphatic rings. The first-order valence-corrected chi connectivity index (χ1v) is 6.68. The van der Waals surface area contributed by atoms with E-state index >= 15 is 0 Å². The van der Waals surface area contributed by atoms with Gasteiger partial charge in [0.1, 0.15) is 0 Å². The van der Waals surface area contributed by atoms with Crippen LogP contribution in [0.2, 0.25) is 0 Å². The van der Waals surface area contributed by atoms with Crippen LogP contribution in [0.4, 0.5) is 5.69 Å². The van der Waals surface area contributed by atoms with Crippen LogP contribution in [0.15, 0.2) is 29.3 Å². The second-order valence-electron chi connectivity index (χ2n) is 3.99. The van der Waals surface area contributed by atoms with Crippen molar-refractivity contribution in [3.63, 3.8) is 0 Å². The predicted molar refractivity (Wildman–Crippen MR) is 73.4 cm³/mol. The minimum absolute atomic E-state index is 0.613. The molecule has 17 heavy (non-hydrogen) atoms. The third-order valence-electron chi connectivity index (χ3n) is 2.57. The van der Waals surface area contributed by atoms with E-state index in [0.29, 0.717) is 10.8 Å². The SMILES string of the molecule is CCCC1CN=C(Nc2cccc(C#N)c2)S1. The van der Waals surface area contributed by atoms with Gasteiger partial charge in [-0.15, -0.1) is 0 Å². The molecule has 88 valence electrons. The Morgan fingerprint density at radius 1 is 1.59 bits per heavy atom. The van der Waals surface area contributed by atoms with Gasteiger partial charge in [-0.1, -0.05) is 31.2 Å². The van der Waals surface area contributed by atoms with Gasteiger partial charge < -0.3 is 5.32 Å². The molecule has 0 aliphatic carbocycles. The first kappa shape index (κ1) is 12.0. The Labute approximate surface area is 106 Å². The number of hydrogen-bond acceptors (Lipinski definition) is 4. The van der Waals surface area contributed by atoms with Crippen LogP contribution >= 0.6 is 11.8 Å². The molecule has 0 spiro atoms. The molecule has 1 atom stereocenters. The number of anilines is 1. The van der Waals surface area contributed by atoms with Crippen LogP contribution in [0, 0.1) is 11.3 Å². The number of thioether (sulfide) groups is 1. The van der Waals surface area contributed by atoms with Gasteiger partial charge in [0.05, 0.1) is 18.2 Å². The van der Waals surface area contributed by atoms with Gasteiger partial charge >= 0.3 is 0 Å². The molecule has 1 heterocycles. The lowest BCUT2D eigenvalue weighted by Crippen LogP contribution is -2.07. The molecule has 1 aliphatic heterocycles. The zero-order valence-electron chi connectivity index (χ0n) is 9.81. The summed E-state index contributed by atoms with van der Waals surface area (Å²) in [5.74, 6) is 0. The summed E-state index contributed by atoms with van der Waals surface area (Å²) in [6.07, 6.45) is 2.40. The third kappa shape index (κ3) is 3.24. The zero-order valence-corrected chi connectivity index (χ0v) is 10.6. The number of benzene rings is 1. The molecule has 0 radical (unpaired) electrons. The fourth-order valence-corrected chi connectivity index (χ4v) is 2.89. The maximum absolute atomic E-state index is 8.82. The van der Waals surface area contributed by atoms with Gasteiger partial charge in [-0.25, -0.2) is 0 Å². The maximum atomic E-state index is 8.82. The van der Waals surface area contributed by atoms with Gasteiger partial charge in [-0.2, -0.15) is 5.26 Å². The normalized spacial score (nSPS) is 18.6. The van der Waals surface area contributed by atoms with Gasteiger partial charge in [-0.3, -0.25) is 4.99 Å². The van der Waals surface area contributed by atoms with Crippen molar-refractivity contribution < 1.29 is 0 Å². The Balaban J connectivity index is 1.96. The van der Waals surface area contributed by atoms with Gasteiger partial charge in [-0.05, 0) is 24.6 Å². The summed E-state index contributed by atoms with van der Waals surface area (Å²) in [7, 11) is 0. The first-order valence-electron chi connectivity index (χ1n) is 5.80. The molecule has 0 fully saturated rings. The van der Waals surface area contributed by atoms with E-state index in [1.54, 1.807) is 17.8 Å². The second kappa shape index (κ2) is 5.74. The second-order valence-corrected chi connectivity index (χ2v) is 5.28. The number of rotatable bonds is 3. The summed E-state index contributed by atoms with van der Waals surface area (Å²) in [6.45, 7) is 3.10. The van der Waals surface area contributed by atoms with Crippen LogP contribution in [0.1, 0.15) is 25.3 Å². The molecule has 2 rings (SSSR count). The largest absolute Gasteiger partial charge is 0.335 e. The average molecular weight is 245 g/mol. The van der Waals surface area contributed by atoms with E-state index in [1.807, 2.05) is 18.2 Å². The minimum atomic E-state index is 0.613. The van der Waals surface area contributed by atoms with Crippen molar-refractivity contribution in [1.29, 1.82) is 5.26 Å².